The van der Waals surface area contributed by atoms with Gasteiger partial charge in [0.2, 0.25) is 5.91 Å². The van der Waals surface area contributed by atoms with Crippen molar-refractivity contribution < 1.29 is 4.79 Å². The lowest BCUT2D eigenvalue weighted by atomic mass is 9.87. The van der Waals surface area contributed by atoms with E-state index in [1.54, 1.807) is 6.21 Å². The lowest BCUT2D eigenvalue weighted by molar-refractivity contribution is -0.122. The van der Waals surface area contributed by atoms with Gasteiger partial charge in [-0.2, -0.15) is 5.10 Å². The van der Waals surface area contributed by atoms with Crippen LogP contribution in [0.25, 0.3) is 0 Å². The maximum absolute atomic E-state index is 11.1. The molecule has 0 radical (unpaired) electrons. The van der Waals surface area contributed by atoms with Crippen molar-refractivity contribution in [3.63, 3.8) is 0 Å². The number of amides is 1. The van der Waals surface area contributed by atoms with Crippen LogP contribution in [0.15, 0.2) is 5.10 Å². The third-order valence-electron chi connectivity index (χ3n) is 1.97. The fourth-order valence-electron chi connectivity index (χ4n) is 1.14. The third-order valence-corrected chi connectivity index (χ3v) is 1.97. The molecule has 0 aromatic heterocycles. The van der Waals surface area contributed by atoms with E-state index < -0.39 is 0 Å². The molecule has 0 aliphatic carbocycles. The van der Waals surface area contributed by atoms with Gasteiger partial charge in [-0.3, -0.25) is 4.79 Å². The number of rotatable bonds is 2. The van der Waals surface area contributed by atoms with Gasteiger partial charge in [-0.1, -0.05) is 20.8 Å². The molecule has 3 nitrogen and oxygen atoms in total. The average molecular weight is 168 g/mol. The highest BCUT2D eigenvalue weighted by molar-refractivity contribution is 5.97. The van der Waals surface area contributed by atoms with Crippen molar-refractivity contribution in [3.05, 3.63) is 0 Å². The zero-order valence-corrected chi connectivity index (χ0v) is 7.92. The maximum Gasteiger partial charge on any atom is 0.248 e. The molecule has 1 aliphatic heterocycles. The number of nitrogens with one attached hydrogen (secondary N) is 1. The number of hydrogen-bond acceptors (Lipinski definition) is 2. The van der Waals surface area contributed by atoms with Gasteiger partial charge in [-0.25, -0.2) is 5.43 Å². The minimum Gasteiger partial charge on any atom is -0.272 e. The second-order valence-electron chi connectivity index (χ2n) is 4.46. The van der Waals surface area contributed by atoms with Crippen LogP contribution in [-0.4, -0.2) is 12.1 Å². The normalized spacial score (nSPS) is 22.9. The molecule has 68 valence electrons. The highest BCUT2D eigenvalue weighted by atomic mass is 16.2. The van der Waals surface area contributed by atoms with Gasteiger partial charge in [0.05, 0.1) is 5.92 Å². The monoisotopic (exact) mass is 168 g/mol. The summed E-state index contributed by atoms with van der Waals surface area (Å²) in [5.74, 6) is 0.0449. The van der Waals surface area contributed by atoms with Gasteiger partial charge in [0.25, 0.3) is 0 Å². The second-order valence-corrected chi connectivity index (χ2v) is 4.46. The van der Waals surface area contributed by atoms with E-state index in [9.17, 15) is 4.79 Å². The SMILES string of the molecule is CC(C)(C)CCC1C=NNC1=O. The Morgan fingerprint density at radius 1 is 1.58 bits per heavy atom. The Labute approximate surface area is 73.2 Å². The van der Waals surface area contributed by atoms with Crippen molar-refractivity contribution >= 4 is 12.1 Å². The van der Waals surface area contributed by atoms with E-state index in [0.717, 1.165) is 12.8 Å². The lowest BCUT2D eigenvalue weighted by Crippen LogP contribution is -2.21. The van der Waals surface area contributed by atoms with E-state index >= 15 is 0 Å². The van der Waals surface area contributed by atoms with E-state index in [-0.39, 0.29) is 11.8 Å². The van der Waals surface area contributed by atoms with E-state index in [4.69, 9.17) is 0 Å². The van der Waals surface area contributed by atoms with Crippen LogP contribution in [0.2, 0.25) is 0 Å². The van der Waals surface area contributed by atoms with Gasteiger partial charge in [-0.15, -0.1) is 0 Å². The smallest absolute Gasteiger partial charge is 0.248 e. The van der Waals surface area contributed by atoms with Crippen LogP contribution in [-0.2, 0) is 4.79 Å². The van der Waals surface area contributed by atoms with Crippen molar-refractivity contribution in [1.82, 2.24) is 5.43 Å². The number of hydrazone groups is 1. The largest absolute Gasteiger partial charge is 0.272 e. The summed E-state index contributed by atoms with van der Waals surface area (Å²) in [4.78, 5) is 11.1. The number of nitrogens with zero attached hydrogens (tertiary/aromatic N) is 1. The van der Waals surface area contributed by atoms with Crippen LogP contribution in [0.1, 0.15) is 33.6 Å². The Kier molecular flexibility index (Phi) is 2.50. The maximum atomic E-state index is 11.1. The number of hydrogen-bond donors (Lipinski definition) is 1. The molecule has 0 aromatic carbocycles. The molecule has 0 saturated heterocycles. The molecule has 1 unspecified atom stereocenters. The first-order chi connectivity index (χ1) is 5.49. The Hall–Kier alpha value is -0.860. The molecule has 0 saturated carbocycles. The van der Waals surface area contributed by atoms with Gasteiger partial charge < -0.3 is 0 Å². The van der Waals surface area contributed by atoms with Gasteiger partial charge in [-0.05, 0) is 18.3 Å². The molecule has 1 N–H and O–H groups in total. The molecule has 0 bridgehead atoms. The summed E-state index contributed by atoms with van der Waals surface area (Å²) in [6, 6.07) is 0. The van der Waals surface area contributed by atoms with Crippen LogP contribution in [0.5, 0.6) is 0 Å². The van der Waals surface area contributed by atoms with Crippen molar-refractivity contribution in [2.45, 2.75) is 33.6 Å². The number of carbonyl (C=O) groups excluding carboxylic acids is 1. The minimum atomic E-state index is 0.00391. The Morgan fingerprint density at radius 3 is 2.67 bits per heavy atom. The van der Waals surface area contributed by atoms with Crippen molar-refractivity contribution in [2.24, 2.45) is 16.4 Å². The molecule has 1 heterocycles. The minimum absolute atomic E-state index is 0.00391. The second kappa shape index (κ2) is 3.25. The van der Waals surface area contributed by atoms with Gasteiger partial charge >= 0.3 is 0 Å². The molecule has 0 spiro atoms. The van der Waals surface area contributed by atoms with Crippen molar-refractivity contribution in [3.8, 4) is 0 Å². The quantitative estimate of drug-likeness (QED) is 0.667. The third kappa shape index (κ3) is 2.64. The first-order valence-electron chi connectivity index (χ1n) is 4.32. The summed E-state index contributed by atoms with van der Waals surface area (Å²) in [6.45, 7) is 6.53. The van der Waals surface area contributed by atoms with E-state index in [0.29, 0.717) is 5.41 Å². The average Bonchev–Trinajstić information content (AvgIpc) is 2.29. The standard InChI is InChI=1S/C9H16N2O/c1-9(2,3)5-4-7-6-10-11-8(7)12/h6-7H,4-5H2,1-3H3,(H,11,12). The van der Waals surface area contributed by atoms with Crippen LogP contribution in [0, 0.1) is 11.3 Å². The van der Waals surface area contributed by atoms with E-state index in [1.807, 2.05) is 0 Å². The summed E-state index contributed by atoms with van der Waals surface area (Å²) in [5.41, 5.74) is 2.74. The molecule has 0 fully saturated rings. The van der Waals surface area contributed by atoms with Crippen LogP contribution in [0.4, 0.5) is 0 Å². The Bertz CT molecular complexity index is 203. The van der Waals surface area contributed by atoms with Crippen molar-refractivity contribution in [2.75, 3.05) is 0 Å². The fraction of sp³-hybridized carbons (Fsp3) is 0.778. The molecule has 12 heavy (non-hydrogen) atoms. The predicted molar refractivity (Wildman–Crippen MR) is 48.8 cm³/mol. The summed E-state index contributed by atoms with van der Waals surface area (Å²) >= 11 is 0. The predicted octanol–water partition coefficient (Wildman–Crippen LogP) is 1.54. The first kappa shape index (κ1) is 9.23. The zero-order valence-electron chi connectivity index (χ0n) is 7.92. The lowest BCUT2D eigenvalue weighted by Gasteiger charge is -2.18. The van der Waals surface area contributed by atoms with E-state index in [2.05, 4.69) is 31.3 Å². The molecular formula is C9H16N2O. The zero-order chi connectivity index (χ0) is 9.19. The fourth-order valence-corrected chi connectivity index (χ4v) is 1.14. The molecule has 1 rings (SSSR count). The van der Waals surface area contributed by atoms with Gasteiger partial charge in [0.15, 0.2) is 0 Å². The molecule has 1 aliphatic rings. The Balaban J connectivity index is 2.33. The molecule has 3 heteroatoms. The highest BCUT2D eigenvalue weighted by Crippen LogP contribution is 2.23. The molecule has 1 atom stereocenters. The van der Waals surface area contributed by atoms with E-state index in [1.165, 1.54) is 0 Å². The van der Waals surface area contributed by atoms with Gasteiger partial charge in [0.1, 0.15) is 0 Å². The topological polar surface area (TPSA) is 41.5 Å². The highest BCUT2D eigenvalue weighted by Gasteiger charge is 2.22. The van der Waals surface area contributed by atoms with Crippen LogP contribution in [0.3, 0.4) is 0 Å². The molecule has 1 amide bonds. The Morgan fingerprint density at radius 2 is 2.25 bits per heavy atom. The van der Waals surface area contributed by atoms with Gasteiger partial charge in [0, 0.05) is 6.21 Å². The summed E-state index contributed by atoms with van der Waals surface area (Å²) < 4.78 is 0. The summed E-state index contributed by atoms with van der Waals surface area (Å²) in [5, 5.41) is 3.72. The molecule has 0 aromatic rings. The summed E-state index contributed by atoms with van der Waals surface area (Å²) in [7, 11) is 0. The number of carbonyl (C=O) groups is 1. The van der Waals surface area contributed by atoms with Crippen LogP contribution < -0.4 is 5.43 Å². The molecular weight excluding hydrogens is 152 g/mol. The first-order valence-corrected chi connectivity index (χ1v) is 4.32. The van der Waals surface area contributed by atoms with Crippen LogP contribution >= 0.6 is 0 Å². The summed E-state index contributed by atoms with van der Waals surface area (Å²) in [6.07, 6.45) is 3.66. The van der Waals surface area contributed by atoms with Crippen molar-refractivity contribution in [1.29, 1.82) is 0 Å².